The summed E-state index contributed by atoms with van der Waals surface area (Å²) in [5, 5.41) is 3.48. The largest absolute Gasteiger partial charge is 0.369 e. The first-order chi connectivity index (χ1) is 8.86. The lowest BCUT2D eigenvalue weighted by molar-refractivity contribution is 0.466. The van der Waals surface area contributed by atoms with E-state index in [0.717, 1.165) is 29.4 Å². The molecule has 0 atom stereocenters. The lowest BCUT2D eigenvalue weighted by Crippen LogP contribution is -2.17. The fraction of sp³-hybridized carbons (Fsp3) is 0.500. The summed E-state index contributed by atoms with van der Waals surface area (Å²) in [6, 6.07) is 3.98. The average molecular weight is 240 g/mol. The highest BCUT2D eigenvalue weighted by Crippen LogP contribution is 2.61. The molecule has 4 nitrogen and oxygen atoms in total. The van der Waals surface area contributed by atoms with E-state index in [4.69, 9.17) is 0 Å². The predicted molar refractivity (Wildman–Crippen MR) is 70.2 cm³/mol. The molecule has 2 aromatic rings. The first kappa shape index (κ1) is 10.2. The van der Waals surface area contributed by atoms with E-state index in [0.29, 0.717) is 5.41 Å². The minimum absolute atomic E-state index is 0.596. The normalized spacial score (nSPS) is 20.9. The van der Waals surface area contributed by atoms with Gasteiger partial charge < -0.3 is 5.32 Å². The average Bonchev–Trinajstić information content (AvgIpc) is 3.28. The van der Waals surface area contributed by atoms with Gasteiger partial charge in [-0.05, 0) is 49.1 Å². The van der Waals surface area contributed by atoms with Gasteiger partial charge in [-0.2, -0.15) is 0 Å². The summed E-state index contributed by atoms with van der Waals surface area (Å²) in [7, 11) is 0. The zero-order valence-electron chi connectivity index (χ0n) is 10.3. The zero-order valence-corrected chi connectivity index (χ0v) is 10.3. The Balaban J connectivity index is 1.52. The molecule has 1 N–H and O–H groups in total. The van der Waals surface area contributed by atoms with Crippen molar-refractivity contribution in [3.63, 3.8) is 0 Å². The number of hydrogen-bond donors (Lipinski definition) is 1. The van der Waals surface area contributed by atoms with Gasteiger partial charge in [-0.1, -0.05) is 0 Å². The molecule has 0 aromatic carbocycles. The minimum Gasteiger partial charge on any atom is -0.369 e. The van der Waals surface area contributed by atoms with Crippen LogP contribution in [0, 0.1) is 11.3 Å². The van der Waals surface area contributed by atoms with Crippen LogP contribution in [0.4, 0.5) is 5.82 Å². The Labute approximate surface area is 106 Å². The Bertz CT molecular complexity index is 587. The number of fused-ring (bicyclic) bond motifs is 1. The molecule has 2 heterocycles. The first-order valence-corrected chi connectivity index (χ1v) is 6.67. The van der Waals surface area contributed by atoms with E-state index >= 15 is 0 Å². The van der Waals surface area contributed by atoms with Crippen LogP contribution in [-0.2, 0) is 0 Å². The van der Waals surface area contributed by atoms with Crippen LogP contribution in [0.3, 0.4) is 0 Å². The van der Waals surface area contributed by atoms with E-state index in [1.165, 1.54) is 25.7 Å². The molecular formula is C14H16N4. The van der Waals surface area contributed by atoms with Gasteiger partial charge in [0.25, 0.3) is 0 Å². The second-order valence-corrected chi connectivity index (χ2v) is 5.59. The van der Waals surface area contributed by atoms with Gasteiger partial charge in [0.1, 0.15) is 11.3 Å². The molecule has 4 rings (SSSR count). The zero-order chi connectivity index (χ0) is 12.0. The molecule has 2 aromatic heterocycles. The monoisotopic (exact) mass is 240 g/mol. The molecule has 0 spiro atoms. The van der Waals surface area contributed by atoms with Crippen molar-refractivity contribution in [2.45, 2.75) is 25.7 Å². The van der Waals surface area contributed by atoms with E-state index < -0.39 is 0 Å². The van der Waals surface area contributed by atoms with Crippen LogP contribution >= 0.6 is 0 Å². The first-order valence-electron chi connectivity index (χ1n) is 6.67. The van der Waals surface area contributed by atoms with Gasteiger partial charge in [0.05, 0.1) is 0 Å². The lowest BCUT2D eigenvalue weighted by atomic mass is 10.0. The van der Waals surface area contributed by atoms with Crippen molar-refractivity contribution in [2.75, 3.05) is 11.9 Å². The fourth-order valence-electron chi connectivity index (χ4n) is 2.81. The minimum atomic E-state index is 0.596. The Hall–Kier alpha value is -1.71. The number of anilines is 1. The van der Waals surface area contributed by atoms with Crippen molar-refractivity contribution < 1.29 is 0 Å². The summed E-state index contributed by atoms with van der Waals surface area (Å²) in [4.78, 5) is 13.0. The molecule has 0 bridgehead atoms. The highest BCUT2D eigenvalue weighted by Gasteiger charge is 2.53. The van der Waals surface area contributed by atoms with E-state index in [1.807, 2.05) is 12.1 Å². The molecule has 2 aliphatic rings. The van der Waals surface area contributed by atoms with Crippen molar-refractivity contribution in [1.29, 1.82) is 0 Å². The maximum absolute atomic E-state index is 4.50. The smallest absolute Gasteiger partial charge is 0.180 e. The molecule has 2 fully saturated rings. The van der Waals surface area contributed by atoms with Crippen LogP contribution < -0.4 is 5.32 Å². The van der Waals surface area contributed by atoms with E-state index in [-0.39, 0.29) is 0 Å². The van der Waals surface area contributed by atoms with Gasteiger partial charge in [0.15, 0.2) is 5.65 Å². The lowest BCUT2D eigenvalue weighted by Gasteiger charge is -2.15. The highest BCUT2D eigenvalue weighted by atomic mass is 15.0. The fourth-order valence-corrected chi connectivity index (χ4v) is 2.81. The van der Waals surface area contributed by atoms with Crippen molar-refractivity contribution in [1.82, 2.24) is 15.0 Å². The van der Waals surface area contributed by atoms with Crippen LogP contribution in [0.2, 0.25) is 0 Å². The molecule has 2 saturated carbocycles. The van der Waals surface area contributed by atoms with Crippen LogP contribution in [0.25, 0.3) is 11.2 Å². The van der Waals surface area contributed by atoms with Crippen molar-refractivity contribution in [3.05, 3.63) is 24.5 Å². The standard InChI is InChI=1S/C14H16N4/c1-2-10(1)14(5-6-14)9-17-12-4-3-11-13(18-12)16-8-7-15-11/h3-4,7-8,10H,1-2,5-6,9H2,(H,16,17,18). The van der Waals surface area contributed by atoms with E-state index in [1.54, 1.807) is 12.4 Å². The second kappa shape index (κ2) is 3.64. The Morgan fingerprint density at radius 3 is 2.78 bits per heavy atom. The van der Waals surface area contributed by atoms with E-state index in [2.05, 4.69) is 20.3 Å². The topological polar surface area (TPSA) is 50.7 Å². The molecule has 2 aliphatic carbocycles. The SMILES string of the molecule is c1cnc2nc(NCC3(C4CC4)CC3)ccc2n1. The third-order valence-corrected chi connectivity index (χ3v) is 4.29. The van der Waals surface area contributed by atoms with Gasteiger partial charge in [-0.25, -0.2) is 9.97 Å². The maximum atomic E-state index is 4.50. The summed E-state index contributed by atoms with van der Waals surface area (Å²) in [5.41, 5.74) is 2.17. The van der Waals surface area contributed by atoms with Gasteiger partial charge in [0.2, 0.25) is 0 Å². The molecule has 92 valence electrons. The van der Waals surface area contributed by atoms with Gasteiger partial charge in [-0.15, -0.1) is 0 Å². The van der Waals surface area contributed by atoms with E-state index in [9.17, 15) is 0 Å². The number of aromatic nitrogens is 3. The molecule has 0 saturated heterocycles. The molecule has 0 amide bonds. The molecular weight excluding hydrogens is 224 g/mol. The Kier molecular flexibility index (Phi) is 2.07. The van der Waals surface area contributed by atoms with Crippen LogP contribution in [0.15, 0.2) is 24.5 Å². The van der Waals surface area contributed by atoms with Gasteiger partial charge in [-0.3, -0.25) is 4.98 Å². The summed E-state index contributed by atoms with van der Waals surface area (Å²) >= 11 is 0. The molecule has 18 heavy (non-hydrogen) atoms. The summed E-state index contributed by atoms with van der Waals surface area (Å²) < 4.78 is 0. The Morgan fingerprint density at radius 1 is 1.17 bits per heavy atom. The molecule has 4 heteroatoms. The van der Waals surface area contributed by atoms with Crippen molar-refractivity contribution >= 4 is 17.0 Å². The third-order valence-electron chi connectivity index (χ3n) is 4.29. The molecule has 0 aliphatic heterocycles. The summed E-state index contributed by atoms with van der Waals surface area (Å²) in [6.45, 7) is 1.07. The molecule has 0 unspecified atom stereocenters. The predicted octanol–water partition coefficient (Wildman–Crippen LogP) is 2.63. The maximum Gasteiger partial charge on any atom is 0.180 e. The van der Waals surface area contributed by atoms with Gasteiger partial charge >= 0.3 is 0 Å². The number of nitrogens with one attached hydrogen (secondary N) is 1. The number of rotatable bonds is 4. The van der Waals surface area contributed by atoms with Crippen LogP contribution in [0.1, 0.15) is 25.7 Å². The van der Waals surface area contributed by atoms with Crippen LogP contribution in [0.5, 0.6) is 0 Å². The van der Waals surface area contributed by atoms with Crippen molar-refractivity contribution in [2.24, 2.45) is 11.3 Å². The summed E-state index contributed by atoms with van der Waals surface area (Å²) in [5.74, 6) is 1.90. The number of pyridine rings is 1. The Morgan fingerprint density at radius 2 is 2.00 bits per heavy atom. The van der Waals surface area contributed by atoms with Crippen LogP contribution in [-0.4, -0.2) is 21.5 Å². The third kappa shape index (κ3) is 1.72. The quantitative estimate of drug-likeness (QED) is 0.892. The second-order valence-electron chi connectivity index (χ2n) is 5.59. The number of hydrogen-bond acceptors (Lipinski definition) is 4. The van der Waals surface area contributed by atoms with Gasteiger partial charge in [0, 0.05) is 18.9 Å². The number of nitrogens with zero attached hydrogens (tertiary/aromatic N) is 3. The molecule has 0 radical (unpaired) electrons. The summed E-state index contributed by atoms with van der Waals surface area (Å²) in [6.07, 6.45) is 9.02. The highest BCUT2D eigenvalue weighted by molar-refractivity contribution is 5.71. The van der Waals surface area contributed by atoms with Crippen molar-refractivity contribution in [3.8, 4) is 0 Å².